The number of benzene rings is 8. The van der Waals surface area contributed by atoms with Gasteiger partial charge in [-0.1, -0.05) is 161 Å². The van der Waals surface area contributed by atoms with E-state index in [9.17, 15) is 0 Å². The average molecular weight is 680 g/mol. The third-order valence-corrected chi connectivity index (χ3v) is 12.1. The van der Waals surface area contributed by atoms with Gasteiger partial charge in [-0.05, 0) is 114 Å². The van der Waals surface area contributed by atoms with Crippen molar-refractivity contribution in [2.45, 2.75) is 38.5 Å². The minimum atomic E-state index is -0.181. The Labute approximate surface area is 312 Å². The summed E-state index contributed by atoms with van der Waals surface area (Å²) in [6, 6.07) is 65.3. The van der Waals surface area contributed by atoms with E-state index in [1.165, 1.54) is 88.9 Å². The quantitative estimate of drug-likeness (QED) is 0.175. The van der Waals surface area contributed by atoms with E-state index in [2.05, 4.69) is 209 Å². The lowest BCUT2D eigenvalue weighted by Crippen LogP contribution is -2.18. The van der Waals surface area contributed by atoms with Crippen molar-refractivity contribution in [3.8, 4) is 44.5 Å². The molecule has 1 nitrogen and oxygen atoms in total. The van der Waals surface area contributed by atoms with Crippen LogP contribution in [0.2, 0.25) is 0 Å². The van der Waals surface area contributed by atoms with Crippen LogP contribution in [0.3, 0.4) is 0 Å². The Bertz CT molecular complexity index is 2730. The summed E-state index contributed by atoms with van der Waals surface area (Å²) in [5.74, 6) is 0. The molecule has 0 atom stereocenters. The van der Waals surface area contributed by atoms with E-state index < -0.39 is 0 Å². The smallest absolute Gasteiger partial charge is 0.0540 e. The van der Waals surface area contributed by atoms with Crippen molar-refractivity contribution in [1.29, 1.82) is 0 Å². The fourth-order valence-corrected chi connectivity index (χ4v) is 9.20. The number of fused-ring (bicyclic) bond motifs is 7. The van der Waals surface area contributed by atoms with Gasteiger partial charge in [-0.2, -0.15) is 0 Å². The topological polar surface area (TPSA) is 3.24 Å². The zero-order valence-corrected chi connectivity index (χ0v) is 30.7. The second-order valence-corrected chi connectivity index (χ2v) is 15.8. The zero-order chi connectivity index (χ0) is 35.9. The molecule has 0 heterocycles. The molecule has 0 bridgehead atoms. The SMILES string of the molecule is CC1(C)c2ccccc2-c2ccc(N(c3ccc4c(c3)C(C)(C)c3cc(-c5ccc6ccccc6c5)ccc3-4)c3ccccc3-c3ccccc3)cc21. The van der Waals surface area contributed by atoms with E-state index in [1.54, 1.807) is 0 Å². The molecule has 0 radical (unpaired) electrons. The first kappa shape index (κ1) is 31.5. The molecule has 8 aromatic rings. The van der Waals surface area contributed by atoms with Crippen molar-refractivity contribution in [2.24, 2.45) is 0 Å². The van der Waals surface area contributed by atoms with E-state index in [0.29, 0.717) is 0 Å². The van der Waals surface area contributed by atoms with E-state index in [4.69, 9.17) is 0 Å². The van der Waals surface area contributed by atoms with Crippen molar-refractivity contribution in [3.05, 3.63) is 198 Å². The summed E-state index contributed by atoms with van der Waals surface area (Å²) < 4.78 is 0. The van der Waals surface area contributed by atoms with Crippen LogP contribution in [-0.4, -0.2) is 0 Å². The van der Waals surface area contributed by atoms with Crippen molar-refractivity contribution >= 4 is 27.8 Å². The minimum Gasteiger partial charge on any atom is -0.310 e. The van der Waals surface area contributed by atoms with Gasteiger partial charge in [0.05, 0.1) is 5.69 Å². The molecule has 1 heteroatoms. The van der Waals surface area contributed by atoms with E-state index in [-0.39, 0.29) is 10.8 Å². The number of hydrogen-bond acceptors (Lipinski definition) is 1. The Kier molecular flexibility index (Phi) is 6.94. The van der Waals surface area contributed by atoms with E-state index in [1.807, 2.05) is 0 Å². The number of anilines is 3. The molecular weight excluding hydrogens is 639 g/mol. The van der Waals surface area contributed by atoms with Crippen LogP contribution in [-0.2, 0) is 10.8 Å². The summed E-state index contributed by atoms with van der Waals surface area (Å²) in [5.41, 5.74) is 19.0. The molecule has 0 aromatic heterocycles. The predicted octanol–water partition coefficient (Wildman–Crippen LogP) is 14.3. The molecule has 0 saturated heterocycles. The van der Waals surface area contributed by atoms with Crippen LogP contribution < -0.4 is 4.90 Å². The van der Waals surface area contributed by atoms with Gasteiger partial charge in [-0.25, -0.2) is 0 Å². The summed E-state index contributed by atoms with van der Waals surface area (Å²) in [7, 11) is 0. The molecule has 8 aromatic carbocycles. The molecule has 0 fully saturated rings. The van der Waals surface area contributed by atoms with Crippen LogP contribution in [0, 0.1) is 0 Å². The van der Waals surface area contributed by atoms with Crippen LogP contribution in [0.1, 0.15) is 49.9 Å². The van der Waals surface area contributed by atoms with Crippen LogP contribution >= 0.6 is 0 Å². The van der Waals surface area contributed by atoms with E-state index >= 15 is 0 Å². The molecule has 0 unspecified atom stereocenters. The highest BCUT2D eigenvalue weighted by Gasteiger charge is 2.38. The molecule has 53 heavy (non-hydrogen) atoms. The van der Waals surface area contributed by atoms with Gasteiger partial charge in [0.1, 0.15) is 0 Å². The molecule has 2 aliphatic rings. The highest BCUT2D eigenvalue weighted by atomic mass is 15.1. The molecule has 0 saturated carbocycles. The lowest BCUT2D eigenvalue weighted by atomic mass is 9.81. The number of hydrogen-bond donors (Lipinski definition) is 0. The molecule has 254 valence electrons. The minimum absolute atomic E-state index is 0.100. The van der Waals surface area contributed by atoms with Gasteiger partial charge in [0.2, 0.25) is 0 Å². The van der Waals surface area contributed by atoms with Crippen LogP contribution in [0.5, 0.6) is 0 Å². The van der Waals surface area contributed by atoms with Crippen LogP contribution in [0.4, 0.5) is 17.1 Å². The fourth-order valence-electron chi connectivity index (χ4n) is 9.20. The number of nitrogens with zero attached hydrogens (tertiary/aromatic N) is 1. The Hall–Kier alpha value is -6.18. The Morgan fingerprint density at radius 3 is 1.53 bits per heavy atom. The zero-order valence-electron chi connectivity index (χ0n) is 30.7. The van der Waals surface area contributed by atoms with Gasteiger partial charge in [0, 0.05) is 27.8 Å². The first-order valence-corrected chi connectivity index (χ1v) is 18.8. The number of para-hydroxylation sites is 1. The average Bonchev–Trinajstić information content (AvgIpc) is 3.57. The van der Waals surface area contributed by atoms with Gasteiger partial charge in [0.15, 0.2) is 0 Å². The van der Waals surface area contributed by atoms with Gasteiger partial charge in [-0.3, -0.25) is 0 Å². The predicted molar refractivity (Wildman–Crippen MR) is 225 cm³/mol. The maximum atomic E-state index is 2.49. The van der Waals surface area contributed by atoms with Crippen molar-refractivity contribution in [3.63, 3.8) is 0 Å². The Morgan fingerprint density at radius 1 is 0.321 bits per heavy atom. The molecule has 0 aliphatic heterocycles. The third kappa shape index (κ3) is 4.84. The highest BCUT2D eigenvalue weighted by molar-refractivity contribution is 5.93. The first-order chi connectivity index (χ1) is 25.8. The molecule has 10 rings (SSSR count). The third-order valence-electron chi connectivity index (χ3n) is 12.1. The van der Waals surface area contributed by atoms with Gasteiger partial charge in [-0.15, -0.1) is 0 Å². The fraction of sp³-hybridized carbons (Fsp3) is 0.115. The summed E-state index contributed by atoms with van der Waals surface area (Å²) >= 11 is 0. The van der Waals surface area contributed by atoms with Crippen molar-refractivity contribution in [1.82, 2.24) is 0 Å². The van der Waals surface area contributed by atoms with Gasteiger partial charge in [0.25, 0.3) is 0 Å². The van der Waals surface area contributed by atoms with Crippen molar-refractivity contribution in [2.75, 3.05) is 4.90 Å². The molecular formula is C52H41N. The molecule has 2 aliphatic carbocycles. The Morgan fingerprint density at radius 2 is 0.811 bits per heavy atom. The monoisotopic (exact) mass is 679 g/mol. The van der Waals surface area contributed by atoms with Crippen LogP contribution in [0.15, 0.2) is 176 Å². The maximum Gasteiger partial charge on any atom is 0.0540 e. The summed E-state index contributed by atoms with van der Waals surface area (Å²) in [6.07, 6.45) is 0. The number of rotatable bonds is 5. The molecule has 0 amide bonds. The maximum absolute atomic E-state index is 2.49. The van der Waals surface area contributed by atoms with Gasteiger partial charge < -0.3 is 4.90 Å². The largest absolute Gasteiger partial charge is 0.310 e. The second-order valence-electron chi connectivity index (χ2n) is 15.8. The Balaban J connectivity index is 1.13. The highest BCUT2D eigenvalue weighted by Crippen LogP contribution is 2.54. The summed E-state index contributed by atoms with van der Waals surface area (Å²) in [4.78, 5) is 2.49. The molecule has 0 N–H and O–H groups in total. The van der Waals surface area contributed by atoms with Gasteiger partial charge >= 0.3 is 0 Å². The lowest BCUT2D eigenvalue weighted by molar-refractivity contribution is 0.660. The van der Waals surface area contributed by atoms with E-state index in [0.717, 1.165) is 5.69 Å². The second kappa shape index (κ2) is 11.7. The lowest BCUT2D eigenvalue weighted by Gasteiger charge is -2.31. The summed E-state index contributed by atoms with van der Waals surface area (Å²) in [5, 5.41) is 2.54. The normalized spacial score (nSPS) is 14.3. The van der Waals surface area contributed by atoms with Crippen molar-refractivity contribution < 1.29 is 0 Å². The standard InChI is InChI=1S/C52H41N/c1-51(2)46-20-12-10-19-42(46)44-28-25-39(32-48(44)51)53(50-21-13-11-18-41(50)35-15-6-5-7-16-35)40-26-29-45-43-27-24-38(31-47(43)52(3,4)49(45)33-40)37-23-22-34-14-8-9-17-36(34)30-37/h5-33H,1-4H3. The molecule has 0 spiro atoms. The first-order valence-electron chi connectivity index (χ1n) is 18.8. The van der Waals surface area contributed by atoms with Crippen LogP contribution in [0.25, 0.3) is 55.3 Å². The summed E-state index contributed by atoms with van der Waals surface area (Å²) in [6.45, 7) is 9.52.